The predicted octanol–water partition coefficient (Wildman–Crippen LogP) is 2.81. The standard InChI is InChI=1S/C8H9ClO2S/c9-8-6(4-5-12-8)2-1-3-7(10)11/h4-5H,1-3H2,(H,10,11). The van der Waals surface area contributed by atoms with Crippen molar-refractivity contribution in [1.82, 2.24) is 0 Å². The summed E-state index contributed by atoms with van der Waals surface area (Å²) in [6.45, 7) is 0. The van der Waals surface area contributed by atoms with Crippen molar-refractivity contribution in [2.24, 2.45) is 0 Å². The number of carbonyl (C=O) groups is 1. The lowest BCUT2D eigenvalue weighted by molar-refractivity contribution is -0.137. The number of aliphatic carboxylic acids is 1. The van der Waals surface area contributed by atoms with Gasteiger partial charge in [0.05, 0.1) is 4.34 Å². The minimum Gasteiger partial charge on any atom is -0.481 e. The number of rotatable bonds is 4. The van der Waals surface area contributed by atoms with E-state index in [-0.39, 0.29) is 6.42 Å². The second-order valence-corrected chi connectivity index (χ2v) is 3.99. The van der Waals surface area contributed by atoms with Gasteiger partial charge < -0.3 is 5.11 Å². The third kappa shape index (κ3) is 2.83. The zero-order chi connectivity index (χ0) is 8.97. The summed E-state index contributed by atoms with van der Waals surface area (Å²) in [5.74, 6) is -0.749. The first-order valence-corrected chi connectivity index (χ1v) is 4.89. The summed E-state index contributed by atoms with van der Waals surface area (Å²) >= 11 is 7.31. The van der Waals surface area contributed by atoms with Gasteiger partial charge in [-0.3, -0.25) is 4.79 Å². The molecule has 0 aliphatic heterocycles. The summed E-state index contributed by atoms with van der Waals surface area (Å²) < 4.78 is 0.778. The Hall–Kier alpha value is -0.540. The highest BCUT2D eigenvalue weighted by Crippen LogP contribution is 2.23. The molecule has 1 aromatic rings. The Morgan fingerprint density at radius 2 is 2.42 bits per heavy atom. The average molecular weight is 205 g/mol. The van der Waals surface area contributed by atoms with E-state index in [4.69, 9.17) is 16.7 Å². The van der Waals surface area contributed by atoms with Crippen LogP contribution in [-0.2, 0) is 11.2 Å². The molecule has 12 heavy (non-hydrogen) atoms. The fraction of sp³-hybridized carbons (Fsp3) is 0.375. The number of aryl methyl sites for hydroxylation is 1. The highest BCUT2D eigenvalue weighted by molar-refractivity contribution is 7.14. The highest BCUT2D eigenvalue weighted by atomic mass is 35.5. The van der Waals surface area contributed by atoms with E-state index in [0.717, 1.165) is 16.3 Å². The zero-order valence-corrected chi connectivity index (χ0v) is 7.99. The fourth-order valence-electron chi connectivity index (χ4n) is 0.929. The molecule has 0 saturated heterocycles. The molecule has 0 bridgehead atoms. The van der Waals surface area contributed by atoms with Crippen LogP contribution in [0.2, 0.25) is 4.34 Å². The second-order valence-electron chi connectivity index (χ2n) is 2.47. The largest absolute Gasteiger partial charge is 0.481 e. The Morgan fingerprint density at radius 3 is 2.92 bits per heavy atom. The van der Waals surface area contributed by atoms with Crippen LogP contribution in [0.5, 0.6) is 0 Å². The molecule has 66 valence electrons. The van der Waals surface area contributed by atoms with Crippen molar-refractivity contribution < 1.29 is 9.90 Å². The molecule has 0 aliphatic rings. The van der Waals surface area contributed by atoms with E-state index >= 15 is 0 Å². The molecule has 4 heteroatoms. The maximum absolute atomic E-state index is 10.2. The highest BCUT2D eigenvalue weighted by Gasteiger charge is 2.02. The van der Waals surface area contributed by atoms with E-state index in [2.05, 4.69) is 0 Å². The molecule has 1 aromatic heterocycles. The fourth-order valence-corrected chi connectivity index (χ4v) is 1.91. The number of thiophene rings is 1. The first-order chi connectivity index (χ1) is 5.70. The minimum absolute atomic E-state index is 0.214. The van der Waals surface area contributed by atoms with E-state index in [1.807, 2.05) is 11.4 Å². The average Bonchev–Trinajstić information content (AvgIpc) is 2.36. The summed E-state index contributed by atoms with van der Waals surface area (Å²) in [4.78, 5) is 10.2. The number of carboxylic acid groups (broad SMARTS) is 1. The topological polar surface area (TPSA) is 37.3 Å². The van der Waals surface area contributed by atoms with Crippen LogP contribution >= 0.6 is 22.9 Å². The lowest BCUT2D eigenvalue weighted by Gasteiger charge is -1.95. The van der Waals surface area contributed by atoms with Crippen molar-refractivity contribution in [1.29, 1.82) is 0 Å². The molecule has 2 nitrogen and oxygen atoms in total. The van der Waals surface area contributed by atoms with Crippen LogP contribution in [0.25, 0.3) is 0 Å². The Labute approximate surface area is 79.8 Å². The summed E-state index contributed by atoms with van der Waals surface area (Å²) in [5, 5.41) is 10.3. The van der Waals surface area contributed by atoms with Crippen LogP contribution < -0.4 is 0 Å². The van der Waals surface area contributed by atoms with Gasteiger partial charge in [0.25, 0.3) is 0 Å². The maximum Gasteiger partial charge on any atom is 0.303 e. The summed E-state index contributed by atoms with van der Waals surface area (Å²) in [6.07, 6.45) is 1.63. The first kappa shape index (κ1) is 9.55. The van der Waals surface area contributed by atoms with Crippen LogP contribution in [0.15, 0.2) is 11.4 Å². The molecule has 1 N–H and O–H groups in total. The molecule has 0 atom stereocenters. The van der Waals surface area contributed by atoms with Crippen LogP contribution in [-0.4, -0.2) is 11.1 Å². The molecule has 0 spiro atoms. The molecule has 0 fully saturated rings. The van der Waals surface area contributed by atoms with Gasteiger partial charge in [0.15, 0.2) is 0 Å². The van der Waals surface area contributed by atoms with Gasteiger partial charge in [0.1, 0.15) is 0 Å². The number of hydrogen-bond donors (Lipinski definition) is 1. The predicted molar refractivity (Wildman–Crippen MR) is 49.9 cm³/mol. The van der Waals surface area contributed by atoms with E-state index in [1.165, 1.54) is 11.3 Å². The van der Waals surface area contributed by atoms with Gasteiger partial charge in [-0.25, -0.2) is 0 Å². The molecule has 1 rings (SSSR count). The van der Waals surface area contributed by atoms with Crippen molar-refractivity contribution in [3.63, 3.8) is 0 Å². The molecule has 0 unspecified atom stereocenters. The third-order valence-electron chi connectivity index (χ3n) is 1.53. The molecule has 0 aliphatic carbocycles. The first-order valence-electron chi connectivity index (χ1n) is 3.64. The summed E-state index contributed by atoms with van der Waals surface area (Å²) in [6, 6.07) is 1.94. The molecule has 0 saturated carbocycles. The van der Waals surface area contributed by atoms with E-state index in [9.17, 15) is 4.79 Å². The van der Waals surface area contributed by atoms with Gasteiger partial charge in [-0.05, 0) is 29.9 Å². The van der Waals surface area contributed by atoms with Crippen LogP contribution in [0.4, 0.5) is 0 Å². The lowest BCUT2D eigenvalue weighted by atomic mass is 10.1. The van der Waals surface area contributed by atoms with Gasteiger partial charge >= 0.3 is 5.97 Å². The van der Waals surface area contributed by atoms with Gasteiger partial charge in [0.2, 0.25) is 0 Å². The Bertz CT molecular complexity index is 270. The lowest BCUT2D eigenvalue weighted by Crippen LogP contribution is -1.95. The summed E-state index contributed by atoms with van der Waals surface area (Å²) in [5.41, 5.74) is 1.06. The van der Waals surface area contributed by atoms with Crippen molar-refractivity contribution in [3.05, 3.63) is 21.3 Å². The third-order valence-corrected chi connectivity index (χ3v) is 2.78. The number of carboxylic acids is 1. The normalized spacial score (nSPS) is 10.1. The molecule has 0 radical (unpaired) electrons. The molecular formula is C8H9ClO2S. The molecule has 0 amide bonds. The van der Waals surface area contributed by atoms with E-state index < -0.39 is 5.97 Å². The quantitative estimate of drug-likeness (QED) is 0.819. The Kier molecular flexibility index (Phi) is 3.56. The van der Waals surface area contributed by atoms with E-state index in [1.54, 1.807) is 0 Å². The van der Waals surface area contributed by atoms with Crippen LogP contribution in [0.1, 0.15) is 18.4 Å². The summed E-state index contributed by atoms with van der Waals surface area (Å²) in [7, 11) is 0. The SMILES string of the molecule is O=C(O)CCCc1ccsc1Cl. The Balaban J connectivity index is 2.33. The van der Waals surface area contributed by atoms with Crippen LogP contribution in [0, 0.1) is 0 Å². The second kappa shape index (κ2) is 4.48. The number of hydrogen-bond acceptors (Lipinski definition) is 2. The van der Waals surface area contributed by atoms with Gasteiger partial charge in [-0.2, -0.15) is 0 Å². The minimum atomic E-state index is -0.749. The molecule has 0 aromatic carbocycles. The smallest absolute Gasteiger partial charge is 0.303 e. The van der Waals surface area contributed by atoms with Crippen molar-refractivity contribution in [2.75, 3.05) is 0 Å². The van der Waals surface area contributed by atoms with Gasteiger partial charge in [-0.1, -0.05) is 11.6 Å². The van der Waals surface area contributed by atoms with Crippen molar-refractivity contribution >= 4 is 28.9 Å². The zero-order valence-electron chi connectivity index (χ0n) is 6.42. The van der Waals surface area contributed by atoms with E-state index in [0.29, 0.717) is 6.42 Å². The van der Waals surface area contributed by atoms with Gasteiger partial charge in [0, 0.05) is 6.42 Å². The van der Waals surface area contributed by atoms with Crippen LogP contribution in [0.3, 0.4) is 0 Å². The van der Waals surface area contributed by atoms with Crippen molar-refractivity contribution in [2.45, 2.75) is 19.3 Å². The molecule has 1 heterocycles. The monoisotopic (exact) mass is 204 g/mol. The maximum atomic E-state index is 10.2. The van der Waals surface area contributed by atoms with Gasteiger partial charge in [-0.15, -0.1) is 11.3 Å². The van der Waals surface area contributed by atoms with Crippen molar-refractivity contribution in [3.8, 4) is 0 Å². The Morgan fingerprint density at radius 1 is 1.67 bits per heavy atom. The number of halogens is 1. The molecular weight excluding hydrogens is 196 g/mol.